The monoisotopic (exact) mass is 234 g/mol. The molecule has 0 aliphatic heterocycles. The Bertz CT molecular complexity index is 354. The summed E-state index contributed by atoms with van der Waals surface area (Å²) in [6, 6.07) is 7.60. The normalized spacial score (nSPS) is 9.65. The van der Waals surface area contributed by atoms with Crippen molar-refractivity contribution in [2.75, 3.05) is 7.11 Å². The molecule has 0 atom stereocenters. The Labute approximate surface area is 104 Å². The largest absolute Gasteiger partial charge is 0.496 e. The summed E-state index contributed by atoms with van der Waals surface area (Å²) in [5.41, 5.74) is 0.928. The maximum Gasteiger partial charge on any atom is 0.155 e. The third kappa shape index (κ3) is 6.56. The van der Waals surface area contributed by atoms with E-state index in [0.29, 0.717) is 6.42 Å². The van der Waals surface area contributed by atoms with E-state index in [-0.39, 0.29) is 5.78 Å². The molecule has 0 N–H and O–H groups in total. The molecule has 17 heavy (non-hydrogen) atoms. The van der Waals surface area contributed by atoms with Crippen molar-refractivity contribution >= 4 is 11.9 Å². The van der Waals surface area contributed by atoms with Gasteiger partial charge < -0.3 is 4.74 Å². The third-order valence-electron chi connectivity index (χ3n) is 1.94. The number of allylic oxidation sites excluding steroid dienone is 1. The number of para-hydroxylation sites is 1. The summed E-state index contributed by atoms with van der Waals surface area (Å²) in [5, 5.41) is 0. The van der Waals surface area contributed by atoms with Crippen LogP contribution in [0.2, 0.25) is 0 Å². The van der Waals surface area contributed by atoms with Crippen LogP contribution in [-0.4, -0.2) is 12.9 Å². The maximum atomic E-state index is 11.1. The molecule has 1 rings (SSSR count). The molecule has 1 aromatic rings. The lowest BCUT2D eigenvalue weighted by molar-refractivity contribution is -0.114. The predicted octanol–water partition coefficient (Wildman–Crippen LogP) is 4.10. The zero-order valence-corrected chi connectivity index (χ0v) is 11.2. The van der Waals surface area contributed by atoms with Gasteiger partial charge in [-0.3, -0.25) is 4.79 Å². The molecule has 0 aliphatic rings. The van der Waals surface area contributed by atoms with Gasteiger partial charge in [0.25, 0.3) is 0 Å². The van der Waals surface area contributed by atoms with Crippen LogP contribution in [0.1, 0.15) is 39.2 Å². The fraction of sp³-hybridized carbons (Fsp3) is 0.400. The van der Waals surface area contributed by atoms with Crippen LogP contribution in [0.5, 0.6) is 5.75 Å². The van der Waals surface area contributed by atoms with Crippen molar-refractivity contribution in [1.82, 2.24) is 0 Å². The Balaban J connectivity index is 0.000000770. The van der Waals surface area contributed by atoms with Crippen molar-refractivity contribution in [3.63, 3.8) is 0 Å². The summed E-state index contributed by atoms with van der Waals surface area (Å²) in [4.78, 5) is 11.1. The van der Waals surface area contributed by atoms with Crippen molar-refractivity contribution in [3.8, 4) is 5.75 Å². The van der Waals surface area contributed by atoms with E-state index in [1.165, 1.54) is 6.42 Å². The van der Waals surface area contributed by atoms with Crippen LogP contribution in [-0.2, 0) is 4.79 Å². The lowest BCUT2D eigenvalue weighted by Crippen LogP contribution is -1.89. The first-order chi connectivity index (χ1) is 8.19. The van der Waals surface area contributed by atoms with Gasteiger partial charge >= 0.3 is 0 Å². The van der Waals surface area contributed by atoms with Gasteiger partial charge in [0.2, 0.25) is 0 Å². The average Bonchev–Trinajstić information content (AvgIpc) is 2.37. The smallest absolute Gasteiger partial charge is 0.155 e. The molecule has 2 nitrogen and oxygen atoms in total. The number of ether oxygens (including phenoxy) is 1. The molecule has 0 aromatic heterocycles. The van der Waals surface area contributed by atoms with Crippen LogP contribution in [0.4, 0.5) is 0 Å². The Morgan fingerprint density at radius 3 is 2.35 bits per heavy atom. The summed E-state index contributed by atoms with van der Waals surface area (Å²) in [7, 11) is 1.62. The topological polar surface area (TPSA) is 26.3 Å². The highest BCUT2D eigenvalue weighted by molar-refractivity contribution is 5.93. The average molecular weight is 234 g/mol. The van der Waals surface area contributed by atoms with E-state index >= 15 is 0 Å². The maximum absolute atomic E-state index is 11.1. The van der Waals surface area contributed by atoms with Gasteiger partial charge in [0.05, 0.1) is 7.11 Å². The van der Waals surface area contributed by atoms with Crippen LogP contribution >= 0.6 is 0 Å². The van der Waals surface area contributed by atoms with Crippen molar-refractivity contribution in [2.45, 2.75) is 33.6 Å². The van der Waals surface area contributed by atoms with E-state index < -0.39 is 0 Å². The number of ketones is 1. The van der Waals surface area contributed by atoms with Gasteiger partial charge in [-0.2, -0.15) is 0 Å². The molecule has 0 saturated carbocycles. The fourth-order valence-electron chi connectivity index (χ4n) is 1.10. The number of carbonyl (C=O) groups excluding carboxylic acids is 1. The van der Waals surface area contributed by atoms with E-state index in [1.807, 2.05) is 31.2 Å². The van der Waals surface area contributed by atoms with E-state index in [9.17, 15) is 4.79 Å². The van der Waals surface area contributed by atoms with E-state index in [2.05, 4.69) is 13.8 Å². The minimum atomic E-state index is 0.121. The van der Waals surface area contributed by atoms with Gasteiger partial charge in [-0.05, 0) is 18.2 Å². The number of hydrogen-bond acceptors (Lipinski definition) is 2. The molecule has 0 spiro atoms. The van der Waals surface area contributed by atoms with E-state index in [4.69, 9.17) is 4.74 Å². The standard InChI is InChI=1S/C12H14O2.C3H8/c1-3-11(13)9-8-10-6-4-5-7-12(10)14-2;1-3-2/h4-9H,3H2,1-2H3;3H2,1-2H3/b9-8+;. The molecule has 0 fully saturated rings. The number of methoxy groups -OCH3 is 1. The van der Waals surface area contributed by atoms with Gasteiger partial charge in [-0.25, -0.2) is 0 Å². The van der Waals surface area contributed by atoms with Crippen molar-refractivity contribution in [1.29, 1.82) is 0 Å². The summed E-state index contributed by atoms with van der Waals surface area (Å²) in [6.07, 6.45) is 5.15. The fourth-order valence-corrected chi connectivity index (χ4v) is 1.10. The van der Waals surface area contributed by atoms with Crippen LogP contribution in [0.3, 0.4) is 0 Å². The van der Waals surface area contributed by atoms with Gasteiger partial charge in [0.15, 0.2) is 5.78 Å². The number of benzene rings is 1. The quantitative estimate of drug-likeness (QED) is 0.733. The zero-order chi connectivity index (χ0) is 13.1. The SMILES string of the molecule is CCC.CCC(=O)/C=C/c1ccccc1OC. The first-order valence-electron chi connectivity index (χ1n) is 6.03. The lowest BCUT2D eigenvalue weighted by Gasteiger charge is -2.02. The second-order valence-corrected chi connectivity index (χ2v) is 3.60. The predicted molar refractivity (Wildman–Crippen MR) is 73.3 cm³/mol. The van der Waals surface area contributed by atoms with Crippen molar-refractivity contribution < 1.29 is 9.53 Å². The minimum absolute atomic E-state index is 0.121. The zero-order valence-electron chi connectivity index (χ0n) is 11.2. The third-order valence-corrected chi connectivity index (χ3v) is 1.94. The van der Waals surface area contributed by atoms with E-state index in [1.54, 1.807) is 19.3 Å². The van der Waals surface area contributed by atoms with Gasteiger partial charge in [-0.1, -0.05) is 45.4 Å². The van der Waals surface area contributed by atoms with Crippen LogP contribution in [0.15, 0.2) is 30.3 Å². The molecular weight excluding hydrogens is 212 g/mol. The number of hydrogen-bond donors (Lipinski definition) is 0. The first kappa shape index (κ1) is 15.4. The molecule has 0 bridgehead atoms. The second kappa shape index (κ2) is 9.64. The molecule has 94 valence electrons. The van der Waals surface area contributed by atoms with Crippen molar-refractivity contribution in [3.05, 3.63) is 35.9 Å². The van der Waals surface area contributed by atoms with E-state index in [0.717, 1.165) is 11.3 Å². The van der Waals surface area contributed by atoms with Gasteiger partial charge in [-0.15, -0.1) is 0 Å². The Morgan fingerprint density at radius 1 is 1.24 bits per heavy atom. The summed E-state index contributed by atoms with van der Waals surface area (Å²) in [6.45, 7) is 6.09. The molecule has 0 amide bonds. The summed E-state index contributed by atoms with van der Waals surface area (Å²) in [5.74, 6) is 0.906. The minimum Gasteiger partial charge on any atom is -0.496 e. The molecule has 1 aromatic carbocycles. The highest BCUT2D eigenvalue weighted by atomic mass is 16.5. The molecular formula is C15H22O2. The first-order valence-corrected chi connectivity index (χ1v) is 6.03. The Kier molecular flexibility index (Phi) is 8.75. The summed E-state index contributed by atoms with van der Waals surface area (Å²) >= 11 is 0. The Morgan fingerprint density at radius 2 is 1.82 bits per heavy atom. The molecule has 0 heterocycles. The van der Waals surface area contributed by atoms with Crippen LogP contribution < -0.4 is 4.74 Å². The molecule has 2 heteroatoms. The summed E-state index contributed by atoms with van der Waals surface area (Å²) < 4.78 is 5.15. The Hall–Kier alpha value is -1.57. The lowest BCUT2D eigenvalue weighted by atomic mass is 10.1. The van der Waals surface area contributed by atoms with Crippen LogP contribution in [0.25, 0.3) is 6.08 Å². The molecule has 0 unspecified atom stereocenters. The highest BCUT2D eigenvalue weighted by Gasteiger charge is 1.97. The van der Waals surface area contributed by atoms with Gasteiger partial charge in [0, 0.05) is 12.0 Å². The van der Waals surface area contributed by atoms with Crippen LogP contribution in [0, 0.1) is 0 Å². The van der Waals surface area contributed by atoms with Crippen molar-refractivity contribution in [2.24, 2.45) is 0 Å². The number of carbonyl (C=O) groups is 1. The molecule has 0 radical (unpaired) electrons. The molecule has 0 aliphatic carbocycles. The second-order valence-electron chi connectivity index (χ2n) is 3.60. The number of rotatable bonds is 4. The molecule has 0 saturated heterocycles. The van der Waals surface area contributed by atoms with Gasteiger partial charge in [0.1, 0.15) is 5.75 Å². The highest BCUT2D eigenvalue weighted by Crippen LogP contribution is 2.18.